The van der Waals surface area contributed by atoms with Crippen molar-refractivity contribution in [2.24, 2.45) is 17.8 Å². The molecule has 3 aromatic carbocycles. The normalized spacial score (nSPS) is 26.6. The number of amides is 1. The van der Waals surface area contributed by atoms with Crippen molar-refractivity contribution in [2.45, 2.75) is 37.6 Å². The lowest BCUT2D eigenvalue weighted by Gasteiger charge is -2.43. The molecule has 4 heteroatoms. The van der Waals surface area contributed by atoms with Crippen LogP contribution in [0.4, 0.5) is 11.4 Å². The van der Waals surface area contributed by atoms with Gasteiger partial charge in [-0.25, -0.2) is 0 Å². The van der Waals surface area contributed by atoms with Crippen LogP contribution in [-0.2, 0) is 6.42 Å². The van der Waals surface area contributed by atoms with Crippen LogP contribution < -0.4 is 10.6 Å². The highest BCUT2D eigenvalue weighted by Gasteiger charge is 2.53. The molecule has 2 fully saturated rings. The SMILES string of the molecule is N#CCc1ccc(NC(=O)c2ccc3c(c2)[C@@H]2[C@H]4CC[C@@H](C4)[C@H]2[C@H](c2ccccc2)N3)cc1. The van der Waals surface area contributed by atoms with Crippen molar-refractivity contribution in [3.8, 4) is 6.07 Å². The number of nitriles is 1. The van der Waals surface area contributed by atoms with Gasteiger partial charge in [-0.2, -0.15) is 5.26 Å². The average molecular weight is 434 g/mol. The van der Waals surface area contributed by atoms with E-state index in [-0.39, 0.29) is 5.91 Å². The molecule has 1 heterocycles. The van der Waals surface area contributed by atoms with E-state index in [1.54, 1.807) is 0 Å². The number of nitrogens with one attached hydrogen (secondary N) is 2. The van der Waals surface area contributed by atoms with Gasteiger partial charge in [0.05, 0.1) is 18.5 Å². The van der Waals surface area contributed by atoms with Crippen LogP contribution in [0, 0.1) is 29.1 Å². The Labute approximate surface area is 194 Å². The summed E-state index contributed by atoms with van der Waals surface area (Å²) in [6.45, 7) is 0. The summed E-state index contributed by atoms with van der Waals surface area (Å²) in [5, 5.41) is 15.7. The average Bonchev–Trinajstić information content (AvgIpc) is 3.48. The van der Waals surface area contributed by atoms with Crippen molar-refractivity contribution in [1.29, 1.82) is 5.26 Å². The maximum Gasteiger partial charge on any atom is 0.255 e. The standard InChI is InChI=1S/C29H27N3O/c30-15-14-18-6-11-23(12-7-18)31-29(33)22-10-13-25-24(17-22)26-20-8-9-21(16-20)27(26)28(32-25)19-4-2-1-3-5-19/h1-7,10-13,17,20-21,26-28,32H,8-9,14,16H2,(H,31,33)/t20-,21-,26-,27+,28-/m0/s1. The lowest BCUT2D eigenvalue weighted by atomic mass is 9.68. The molecule has 2 N–H and O–H groups in total. The number of carbonyl (C=O) groups excluding carboxylic acids is 1. The molecule has 1 aliphatic heterocycles. The molecule has 2 bridgehead atoms. The lowest BCUT2D eigenvalue weighted by molar-refractivity contribution is 0.102. The molecule has 4 nitrogen and oxygen atoms in total. The Bertz CT molecular complexity index is 1230. The zero-order chi connectivity index (χ0) is 22.4. The number of rotatable bonds is 4. The number of nitrogens with zero attached hydrogens (tertiary/aromatic N) is 1. The minimum absolute atomic E-state index is 0.0873. The molecule has 1 amide bonds. The molecule has 0 radical (unpaired) electrons. The van der Waals surface area contributed by atoms with E-state index >= 15 is 0 Å². The van der Waals surface area contributed by atoms with E-state index < -0.39 is 0 Å². The highest BCUT2D eigenvalue weighted by atomic mass is 16.1. The molecule has 0 aromatic heterocycles. The second-order valence-corrected chi connectivity index (χ2v) is 9.76. The van der Waals surface area contributed by atoms with Crippen LogP contribution in [0.25, 0.3) is 0 Å². The summed E-state index contributed by atoms with van der Waals surface area (Å²) in [7, 11) is 0. The third-order valence-corrected chi connectivity index (χ3v) is 8.00. The van der Waals surface area contributed by atoms with E-state index in [0.29, 0.717) is 29.9 Å². The van der Waals surface area contributed by atoms with E-state index in [0.717, 1.165) is 23.1 Å². The summed E-state index contributed by atoms with van der Waals surface area (Å²) in [4.78, 5) is 13.1. The highest BCUT2D eigenvalue weighted by molar-refractivity contribution is 6.04. The van der Waals surface area contributed by atoms with Gasteiger partial charge in [0, 0.05) is 16.9 Å². The van der Waals surface area contributed by atoms with Crippen LogP contribution in [0.5, 0.6) is 0 Å². The Hall–Kier alpha value is -3.58. The first-order valence-corrected chi connectivity index (χ1v) is 11.9. The third kappa shape index (κ3) is 3.49. The zero-order valence-corrected chi connectivity index (χ0v) is 18.5. The first-order valence-electron chi connectivity index (χ1n) is 11.9. The Morgan fingerprint density at radius 1 is 1.00 bits per heavy atom. The molecule has 6 rings (SSSR count). The van der Waals surface area contributed by atoms with Gasteiger partial charge < -0.3 is 10.6 Å². The predicted molar refractivity (Wildman–Crippen MR) is 130 cm³/mol. The summed E-state index contributed by atoms with van der Waals surface area (Å²) >= 11 is 0. The molecule has 3 aliphatic rings. The van der Waals surface area contributed by atoms with Gasteiger partial charge in [-0.05, 0) is 90.0 Å². The van der Waals surface area contributed by atoms with Crippen LogP contribution in [0.3, 0.4) is 0 Å². The number of carbonyl (C=O) groups is 1. The van der Waals surface area contributed by atoms with Crippen molar-refractivity contribution in [3.63, 3.8) is 0 Å². The Balaban J connectivity index is 1.30. The Kier molecular flexibility index (Phi) is 4.91. The first-order chi connectivity index (χ1) is 16.2. The lowest BCUT2D eigenvalue weighted by Crippen LogP contribution is -2.35. The minimum atomic E-state index is -0.0873. The fourth-order valence-electron chi connectivity index (χ4n) is 6.62. The van der Waals surface area contributed by atoms with Gasteiger partial charge in [-0.3, -0.25) is 4.79 Å². The number of anilines is 2. The molecule has 164 valence electrons. The maximum absolute atomic E-state index is 13.1. The van der Waals surface area contributed by atoms with Gasteiger partial charge in [-0.1, -0.05) is 42.5 Å². The van der Waals surface area contributed by atoms with E-state index in [2.05, 4.69) is 59.2 Å². The van der Waals surface area contributed by atoms with Gasteiger partial charge in [0.1, 0.15) is 0 Å². The molecule has 0 unspecified atom stereocenters. The minimum Gasteiger partial charge on any atom is -0.378 e. The summed E-state index contributed by atoms with van der Waals surface area (Å²) in [5.41, 5.74) is 6.26. The van der Waals surface area contributed by atoms with Gasteiger partial charge in [-0.15, -0.1) is 0 Å². The first kappa shape index (κ1) is 20.1. The van der Waals surface area contributed by atoms with Gasteiger partial charge in [0.2, 0.25) is 0 Å². The van der Waals surface area contributed by atoms with E-state index in [9.17, 15) is 4.79 Å². The number of hydrogen-bond acceptors (Lipinski definition) is 3. The molecule has 3 aromatic rings. The van der Waals surface area contributed by atoms with E-state index in [1.165, 1.54) is 36.1 Å². The van der Waals surface area contributed by atoms with E-state index in [4.69, 9.17) is 5.26 Å². The molecule has 33 heavy (non-hydrogen) atoms. The van der Waals surface area contributed by atoms with Crippen molar-refractivity contribution < 1.29 is 4.79 Å². The van der Waals surface area contributed by atoms with Gasteiger partial charge in [0.15, 0.2) is 0 Å². The van der Waals surface area contributed by atoms with Crippen molar-refractivity contribution in [2.75, 3.05) is 10.6 Å². The fourth-order valence-corrected chi connectivity index (χ4v) is 6.62. The van der Waals surface area contributed by atoms with Crippen molar-refractivity contribution >= 4 is 17.3 Å². The largest absolute Gasteiger partial charge is 0.378 e. The molecule has 2 aliphatic carbocycles. The summed E-state index contributed by atoms with van der Waals surface area (Å²) in [5.74, 6) is 2.50. The van der Waals surface area contributed by atoms with Crippen LogP contribution in [-0.4, -0.2) is 5.91 Å². The molecular weight excluding hydrogens is 406 g/mol. The molecule has 5 atom stereocenters. The quantitative estimate of drug-likeness (QED) is 0.507. The summed E-state index contributed by atoms with van der Waals surface area (Å²) < 4.78 is 0. The van der Waals surface area contributed by atoms with Crippen LogP contribution in [0.2, 0.25) is 0 Å². The Morgan fingerprint density at radius 2 is 1.79 bits per heavy atom. The summed E-state index contributed by atoms with van der Waals surface area (Å²) in [6.07, 6.45) is 4.32. The predicted octanol–water partition coefficient (Wildman–Crippen LogP) is 6.30. The number of fused-ring (bicyclic) bond motifs is 7. The topological polar surface area (TPSA) is 64.9 Å². The third-order valence-electron chi connectivity index (χ3n) is 8.00. The van der Waals surface area contributed by atoms with Crippen molar-refractivity contribution in [3.05, 3.63) is 95.1 Å². The fraction of sp³-hybridized carbons (Fsp3) is 0.310. The zero-order valence-electron chi connectivity index (χ0n) is 18.5. The Morgan fingerprint density at radius 3 is 2.58 bits per heavy atom. The monoisotopic (exact) mass is 433 g/mol. The highest BCUT2D eigenvalue weighted by Crippen LogP contribution is 2.63. The molecule has 0 spiro atoms. The van der Waals surface area contributed by atoms with E-state index in [1.807, 2.05) is 30.3 Å². The number of hydrogen-bond donors (Lipinski definition) is 2. The maximum atomic E-state index is 13.1. The van der Waals surface area contributed by atoms with Crippen molar-refractivity contribution in [1.82, 2.24) is 0 Å². The number of benzene rings is 3. The molecule has 2 saturated carbocycles. The second-order valence-electron chi connectivity index (χ2n) is 9.76. The van der Waals surface area contributed by atoms with Crippen LogP contribution in [0.15, 0.2) is 72.8 Å². The second kappa shape index (κ2) is 8.08. The van der Waals surface area contributed by atoms with Crippen LogP contribution in [0.1, 0.15) is 58.3 Å². The summed E-state index contributed by atoms with van der Waals surface area (Å²) in [6, 6.07) is 27.0. The molecule has 0 saturated heterocycles. The van der Waals surface area contributed by atoms with Crippen LogP contribution >= 0.6 is 0 Å². The smallest absolute Gasteiger partial charge is 0.255 e. The van der Waals surface area contributed by atoms with Gasteiger partial charge >= 0.3 is 0 Å². The van der Waals surface area contributed by atoms with Gasteiger partial charge in [0.25, 0.3) is 5.91 Å². The molecular formula is C29H27N3O.